The minimum absolute atomic E-state index is 0.212. The van der Waals surface area contributed by atoms with Crippen LogP contribution in [0.3, 0.4) is 0 Å². The maximum Gasteiger partial charge on any atom is 0.350 e. The molecule has 3 rings (SSSR count). The Bertz CT molecular complexity index is 865. The van der Waals surface area contributed by atoms with E-state index in [1.54, 1.807) is 19.1 Å². The molecule has 0 fully saturated rings. The number of thiazole rings is 1. The number of oxime groups is 1. The first kappa shape index (κ1) is 17.0. The lowest BCUT2D eigenvalue weighted by Crippen LogP contribution is -2.28. The van der Waals surface area contributed by atoms with E-state index >= 15 is 0 Å². The summed E-state index contributed by atoms with van der Waals surface area (Å²) in [6, 6.07) is 5.91. The molecule has 1 aliphatic heterocycles. The molecule has 2 aromatic rings. The highest BCUT2D eigenvalue weighted by Crippen LogP contribution is 2.25. The van der Waals surface area contributed by atoms with E-state index in [2.05, 4.69) is 20.2 Å². The molecule has 1 atom stereocenters. The molecule has 0 radical (unpaired) electrons. The number of aromatic nitrogens is 1. The number of benzene rings is 1. The SMILES string of the molecule is COC(=O)c1sc(NC(=O)[C@H]2CC(c3cccc(F)c3)=NO2)nc1C. The predicted octanol–water partition coefficient (Wildman–Crippen LogP) is 2.51. The van der Waals surface area contributed by atoms with Crippen molar-refractivity contribution >= 4 is 34.1 Å². The molecule has 9 heteroatoms. The Morgan fingerprint density at radius 3 is 2.96 bits per heavy atom. The molecule has 0 saturated carbocycles. The molecule has 130 valence electrons. The van der Waals surface area contributed by atoms with Crippen LogP contribution in [0, 0.1) is 12.7 Å². The molecule has 0 saturated heterocycles. The zero-order valence-electron chi connectivity index (χ0n) is 13.4. The van der Waals surface area contributed by atoms with Gasteiger partial charge in [-0.1, -0.05) is 28.6 Å². The minimum Gasteiger partial charge on any atom is -0.465 e. The average molecular weight is 363 g/mol. The molecule has 0 bridgehead atoms. The first-order valence-corrected chi connectivity index (χ1v) is 8.15. The van der Waals surface area contributed by atoms with Crippen LogP contribution in [0.15, 0.2) is 29.4 Å². The summed E-state index contributed by atoms with van der Waals surface area (Å²) in [6.07, 6.45) is -0.632. The van der Waals surface area contributed by atoms with Crippen LogP contribution in [0.25, 0.3) is 0 Å². The first-order chi connectivity index (χ1) is 12.0. The van der Waals surface area contributed by atoms with Crippen molar-refractivity contribution in [2.24, 2.45) is 5.16 Å². The van der Waals surface area contributed by atoms with E-state index in [0.29, 0.717) is 21.8 Å². The Kier molecular flexibility index (Phi) is 4.75. The number of hydrogen-bond donors (Lipinski definition) is 1. The lowest BCUT2D eigenvalue weighted by atomic mass is 10.0. The number of amides is 1. The number of carbonyl (C=O) groups excluding carboxylic acids is 2. The number of rotatable bonds is 4. The topological polar surface area (TPSA) is 89.9 Å². The normalized spacial score (nSPS) is 16.1. The molecule has 1 aliphatic rings. The average Bonchev–Trinajstić information content (AvgIpc) is 3.21. The molecule has 0 aliphatic carbocycles. The molecule has 1 aromatic carbocycles. The highest BCUT2D eigenvalue weighted by Gasteiger charge is 2.30. The number of anilines is 1. The third-order valence-electron chi connectivity index (χ3n) is 3.52. The van der Waals surface area contributed by atoms with Gasteiger partial charge in [0.05, 0.1) is 18.5 Å². The summed E-state index contributed by atoms with van der Waals surface area (Å²) >= 11 is 1.02. The van der Waals surface area contributed by atoms with Gasteiger partial charge in [0.2, 0.25) is 6.10 Å². The third-order valence-corrected chi connectivity index (χ3v) is 4.57. The maximum atomic E-state index is 13.3. The Labute approximate surface area is 146 Å². The van der Waals surface area contributed by atoms with Crippen molar-refractivity contribution in [1.82, 2.24) is 4.98 Å². The zero-order valence-corrected chi connectivity index (χ0v) is 14.2. The first-order valence-electron chi connectivity index (χ1n) is 7.33. The van der Waals surface area contributed by atoms with E-state index in [-0.39, 0.29) is 17.4 Å². The quantitative estimate of drug-likeness (QED) is 0.843. The molecule has 0 unspecified atom stereocenters. The summed E-state index contributed by atoms with van der Waals surface area (Å²) in [4.78, 5) is 33.4. The number of hydrogen-bond acceptors (Lipinski definition) is 7. The lowest BCUT2D eigenvalue weighted by Gasteiger charge is -2.06. The number of nitrogens with zero attached hydrogens (tertiary/aromatic N) is 2. The van der Waals surface area contributed by atoms with Crippen LogP contribution < -0.4 is 5.32 Å². The summed E-state index contributed by atoms with van der Waals surface area (Å²) in [5.74, 6) is -1.34. The van der Waals surface area contributed by atoms with Gasteiger partial charge in [0, 0.05) is 12.0 Å². The Morgan fingerprint density at radius 2 is 2.24 bits per heavy atom. The molecular formula is C16H14FN3O4S. The monoisotopic (exact) mass is 363 g/mol. The van der Waals surface area contributed by atoms with E-state index in [0.717, 1.165) is 11.3 Å². The maximum absolute atomic E-state index is 13.3. The fourth-order valence-corrected chi connectivity index (χ4v) is 3.16. The Balaban J connectivity index is 1.65. The molecule has 1 N–H and O–H groups in total. The molecule has 25 heavy (non-hydrogen) atoms. The van der Waals surface area contributed by atoms with Crippen molar-refractivity contribution in [1.29, 1.82) is 0 Å². The van der Waals surface area contributed by atoms with Gasteiger partial charge in [0.25, 0.3) is 5.91 Å². The number of nitrogens with one attached hydrogen (secondary N) is 1. The van der Waals surface area contributed by atoms with Crippen molar-refractivity contribution in [3.8, 4) is 0 Å². The number of esters is 1. The second-order valence-electron chi connectivity index (χ2n) is 5.26. The van der Waals surface area contributed by atoms with E-state index in [1.807, 2.05) is 0 Å². The standard InChI is InChI=1S/C16H14FN3O4S/c1-8-13(15(22)23-2)25-16(18-8)19-14(21)12-7-11(20-24-12)9-4-3-5-10(17)6-9/h3-6,12H,7H2,1-2H3,(H,18,19,21)/t12-/m1/s1. The fraction of sp³-hybridized carbons (Fsp3) is 0.250. The van der Waals surface area contributed by atoms with Gasteiger partial charge in [-0.15, -0.1) is 0 Å². The predicted molar refractivity (Wildman–Crippen MR) is 89.2 cm³/mol. The lowest BCUT2D eigenvalue weighted by molar-refractivity contribution is -0.125. The van der Waals surface area contributed by atoms with Gasteiger partial charge in [-0.2, -0.15) is 0 Å². The Morgan fingerprint density at radius 1 is 1.44 bits per heavy atom. The molecule has 0 spiro atoms. The number of halogens is 1. The summed E-state index contributed by atoms with van der Waals surface area (Å²) < 4.78 is 17.9. The van der Waals surface area contributed by atoms with Gasteiger partial charge in [0.1, 0.15) is 10.7 Å². The van der Waals surface area contributed by atoms with Crippen LogP contribution in [-0.4, -0.2) is 35.8 Å². The van der Waals surface area contributed by atoms with Gasteiger partial charge in [-0.3, -0.25) is 10.1 Å². The van der Waals surface area contributed by atoms with Crippen LogP contribution in [-0.2, 0) is 14.4 Å². The molecule has 2 heterocycles. The summed E-state index contributed by atoms with van der Waals surface area (Å²) in [5.41, 5.74) is 1.52. The Hall–Kier alpha value is -2.81. The molecule has 7 nitrogen and oxygen atoms in total. The summed E-state index contributed by atoms with van der Waals surface area (Å²) in [7, 11) is 1.28. The van der Waals surface area contributed by atoms with E-state index in [1.165, 1.54) is 19.2 Å². The molecule has 1 amide bonds. The van der Waals surface area contributed by atoms with Gasteiger partial charge < -0.3 is 9.57 Å². The minimum atomic E-state index is -0.843. The van der Waals surface area contributed by atoms with Crippen LogP contribution in [0.4, 0.5) is 9.52 Å². The molecular weight excluding hydrogens is 349 g/mol. The van der Waals surface area contributed by atoms with Gasteiger partial charge in [0.15, 0.2) is 5.13 Å². The summed E-state index contributed by atoms with van der Waals surface area (Å²) in [5, 5.41) is 6.72. The number of methoxy groups -OCH3 is 1. The smallest absolute Gasteiger partial charge is 0.350 e. The van der Waals surface area contributed by atoms with Gasteiger partial charge in [-0.05, 0) is 19.1 Å². The number of ether oxygens (including phenoxy) is 1. The van der Waals surface area contributed by atoms with Crippen molar-refractivity contribution < 1.29 is 23.6 Å². The second kappa shape index (κ2) is 6.98. The molecule has 1 aromatic heterocycles. The van der Waals surface area contributed by atoms with Gasteiger partial charge in [-0.25, -0.2) is 14.2 Å². The van der Waals surface area contributed by atoms with E-state index in [4.69, 9.17) is 4.84 Å². The zero-order chi connectivity index (χ0) is 18.0. The van der Waals surface area contributed by atoms with Crippen molar-refractivity contribution in [3.63, 3.8) is 0 Å². The largest absolute Gasteiger partial charge is 0.465 e. The number of aryl methyl sites for hydroxylation is 1. The van der Waals surface area contributed by atoms with E-state index < -0.39 is 18.0 Å². The third kappa shape index (κ3) is 3.66. The van der Waals surface area contributed by atoms with Crippen LogP contribution in [0.1, 0.15) is 27.3 Å². The van der Waals surface area contributed by atoms with Gasteiger partial charge >= 0.3 is 5.97 Å². The van der Waals surface area contributed by atoms with Crippen LogP contribution in [0.2, 0.25) is 0 Å². The fourth-order valence-electron chi connectivity index (χ4n) is 2.27. The van der Waals surface area contributed by atoms with Crippen molar-refractivity contribution in [3.05, 3.63) is 46.2 Å². The van der Waals surface area contributed by atoms with Crippen LogP contribution in [0.5, 0.6) is 0 Å². The van der Waals surface area contributed by atoms with Crippen LogP contribution >= 0.6 is 11.3 Å². The highest BCUT2D eigenvalue weighted by atomic mass is 32.1. The van der Waals surface area contributed by atoms with E-state index in [9.17, 15) is 14.0 Å². The highest BCUT2D eigenvalue weighted by molar-refractivity contribution is 7.17. The summed E-state index contributed by atoms with van der Waals surface area (Å²) in [6.45, 7) is 1.65. The van der Waals surface area contributed by atoms with Crippen molar-refractivity contribution in [2.45, 2.75) is 19.4 Å². The number of carbonyl (C=O) groups is 2. The van der Waals surface area contributed by atoms with Crippen molar-refractivity contribution in [2.75, 3.05) is 12.4 Å². The second-order valence-corrected chi connectivity index (χ2v) is 6.26.